The normalized spacial score (nSPS) is 19.8. The first-order chi connectivity index (χ1) is 7.74. The van der Waals surface area contributed by atoms with E-state index in [1.54, 1.807) is 0 Å². The summed E-state index contributed by atoms with van der Waals surface area (Å²) in [5, 5.41) is 0. The average Bonchev–Trinajstić information content (AvgIpc) is 2.77. The third-order valence-corrected chi connectivity index (χ3v) is 3.26. The predicted octanol–water partition coefficient (Wildman–Crippen LogP) is 2.84. The molecular weight excluding hydrogens is 198 g/mol. The number of hydrogen-bond donors (Lipinski definition) is 0. The van der Waals surface area contributed by atoms with Crippen molar-refractivity contribution in [1.29, 1.82) is 0 Å². The van der Waals surface area contributed by atoms with Crippen molar-refractivity contribution in [3.63, 3.8) is 0 Å². The maximum absolute atomic E-state index is 11.7. The van der Waals surface area contributed by atoms with E-state index in [2.05, 4.69) is 25.6 Å². The maximum Gasteiger partial charge on any atom is 0.246 e. The van der Waals surface area contributed by atoms with Crippen LogP contribution >= 0.6 is 0 Å². The minimum Gasteiger partial charge on any atom is -0.332 e. The molecule has 0 spiro atoms. The topological polar surface area (TPSA) is 20.3 Å². The van der Waals surface area contributed by atoms with Gasteiger partial charge < -0.3 is 4.90 Å². The van der Waals surface area contributed by atoms with Gasteiger partial charge in [0.1, 0.15) is 0 Å². The number of carbonyl (C=O) groups excluding carboxylic acids is 1. The van der Waals surface area contributed by atoms with Gasteiger partial charge >= 0.3 is 0 Å². The zero-order chi connectivity index (χ0) is 11.5. The number of rotatable bonds is 2. The van der Waals surface area contributed by atoms with Crippen molar-refractivity contribution in [1.82, 2.24) is 4.90 Å². The van der Waals surface area contributed by atoms with E-state index in [1.165, 1.54) is 17.2 Å². The molecule has 0 bridgehead atoms. The Morgan fingerprint density at radius 2 is 2.25 bits per heavy atom. The number of hydrogen-bond acceptors (Lipinski definition) is 1. The fourth-order valence-electron chi connectivity index (χ4n) is 2.43. The van der Waals surface area contributed by atoms with E-state index in [9.17, 15) is 4.79 Å². The van der Waals surface area contributed by atoms with Crippen LogP contribution < -0.4 is 0 Å². The quantitative estimate of drug-likeness (QED) is 0.695. The number of benzene rings is 1. The van der Waals surface area contributed by atoms with Gasteiger partial charge in [0.2, 0.25) is 5.91 Å². The Bertz CT molecular complexity index is 411. The fraction of sp³-hybridized carbons (Fsp3) is 0.357. The lowest BCUT2D eigenvalue weighted by Gasteiger charge is -2.25. The summed E-state index contributed by atoms with van der Waals surface area (Å²) in [6.45, 7) is 6.52. The lowest BCUT2D eigenvalue weighted by Crippen LogP contribution is -2.29. The second-order valence-electron chi connectivity index (χ2n) is 4.25. The van der Waals surface area contributed by atoms with E-state index in [1.807, 2.05) is 17.0 Å². The van der Waals surface area contributed by atoms with Gasteiger partial charge in [0.05, 0.1) is 6.04 Å². The molecule has 1 aromatic rings. The minimum absolute atomic E-state index is 0.0470. The van der Waals surface area contributed by atoms with Crippen LogP contribution in [0.5, 0.6) is 0 Å². The minimum atomic E-state index is 0.0470. The average molecular weight is 215 g/mol. The van der Waals surface area contributed by atoms with Gasteiger partial charge in [-0.25, -0.2) is 0 Å². The first-order valence-electron chi connectivity index (χ1n) is 5.72. The van der Waals surface area contributed by atoms with E-state index in [4.69, 9.17) is 0 Å². The SMILES string of the molecule is C=CC(=O)N1CCCC1c1ccccc1C. The molecule has 0 radical (unpaired) electrons. The van der Waals surface area contributed by atoms with Gasteiger partial charge in [0.25, 0.3) is 0 Å². The van der Waals surface area contributed by atoms with Crippen molar-refractivity contribution >= 4 is 5.91 Å². The predicted molar refractivity (Wildman–Crippen MR) is 65.1 cm³/mol. The van der Waals surface area contributed by atoms with E-state index < -0.39 is 0 Å². The first kappa shape index (κ1) is 10.9. The largest absolute Gasteiger partial charge is 0.332 e. The lowest BCUT2D eigenvalue weighted by atomic mass is 9.99. The Balaban J connectivity index is 2.30. The highest BCUT2D eigenvalue weighted by molar-refractivity contribution is 5.87. The molecule has 2 heteroatoms. The first-order valence-corrected chi connectivity index (χ1v) is 5.72. The van der Waals surface area contributed by atoms with Crippen LogP contribution in [0.15, 0.2) is 36.9 Å². The molecule has 1 aromatic carbocycles. The molecule has 0 N–H and O–H groups in total. The number of aryl methyl sites for hydroxylation is 1. The standard InChI is InChI=1S/C14H17NO/c1-3-14(16)15-10-6-9-13(15)12-8-5-4-7-11(12)2/h3-5,7-8,13H,1,6,9-10H2,2H3. The summed E-state index contributed by atoms with van der Waals surface area (Å²) < 4.78 is 0. The molecule has 0 aromatic heterocycles. The molecular formula is C14H17NO. The second kappa shape index (κ2) is 4.52. The Hall–Kier alpha value is -1.57. The summed E-state index contributed by atoms with van der Waals surface area (Å²) in [6, 6.07) is 8.54. The Labute approximate surface area is 96.6 Å². The molecule has 16 heavy (non-hydrogen) atoms. The third kappa shape index (κ3) is 1.87. The number of amides is 1. The summed E-state index contributed by atoms with van der Waals surface area (Å²) in [5.41, 5.74) is 2.53. The monoisotopic (exact) mass is 215 g/mol. The van der Waals surface area contributed by atoms with Gasteiger partial charge in [-0.15, -0.1) is 0 Å². The van der Waals surface area contributed by atoms with Crippen LogP contribution in [0.3, 0.4) is 0 Å². The van der Waals surface area contributed by atoms with Gasteiger partial charge in [0, 0.05) is 6.54 Å². The Morgan fingerprint density at radius 1 is 1.50 bits per heavy atom. The van der Waals surface area contributed by atoms with E-state index >= 15 is 0 Å². The van der Waals surface area contributed by atoms with Gasteiger partial charge in [-0.05, 0) is 37.0 Å². The summed E-state index contributed by atoms with van der Waals surface area (Å²) >= 11 is 0. The molecule has 2 rings (SSSR count). The Morgan fingerprint density at radius 3 is 2.94 bits per heavy atom. The molecule has 1 atom stereocenters. The van der Waals surface area contributed by atoms with Crippen LogP contribution in [-0.2, 0) is 4.79 Å². The summed E-state index contributed by atoms with van der Waals surface area (Å²) in [4.78, 5) is 13.6. The molecule has 0 saturated carbocycles. The van der Waals surface area contributed by atoms with Crippen LogP contribution in [0.1, 0.15) is 30.0 Å². The van der Waals surface area contributed by atoms with Crippen molar-refractivity contribution in [3.8, 4) is 0 Å². The molecule has 0 aliphatic carbocycles. The summed E-state index contributed by atoms with van der Waals surface area (Å²) in [6.07, 6.45) is 3.56. The van der Waals surface area contributed by atoms with Crippen LogP contribution in [0.4, 0.5) is 0 Å². The Kier molecular flexibility index (Phi) is 3.09. The van der Waals surface area contributed by atoms with Crippen molar-refractivity contribution in [3.05, 3.63) is 48.0 Å². The molecule has 1 fully saturated rings. The molecule has 1 aliphatic heterocycles. The van der Waals surface area contributed by atoms with Gasteiger partial charge in [-0.3, -0.25) is 4.79 Å². The molecule has 2 nitrogen and oxygen atoms in total. The van der Waals surface area contributed by atoms with Crippen molar-refractivity contribution < 1.29 is 4.79 Å². The van der Waals surface area contributed by atoms with Crippen LogP contribution in [-0.4, -0.2) is 17.4 Å². The zero-order valence-electron chi connectivity index (χ0n) is 9.65. The van der Waals surface area contributed by atoms with Crippen molar-refractivity contribution in [2.24, 2.45) is 0 Å². The number of carbonyl (C=O) groups is 1. The highest BCUT2D eigenvalue weighted by Gasteiger charge is 2.29. The highest BCUT2D eigenvalue weighted by atomic mass is 16.2. The molecule has 1 saturated heterocycles. The fourth-order valence-corrected chi connectivity index (χ4v) is 2.43. The molecule has 84 valence electrons. The van der Waals surface area contributed by atoms with Crippen LogP contribution in [0.25, 0.3) is 0 Å². The zero-order valence-corrected chi connectivity index (χ0v) is 9.65. The third-order valence-electron chi connectivity index (χ3n) is 3.26. The second-order valence-corrected chi connectivity index (χ2v) is 4.25. The maximum atomic E-state index is 11.7. The van der Waals surface area contributed by atoms with E-state index in [0.717, 1.165) is 19.4 Å². The molecule has 1 amide bonds. The van der Waals surface area contributed by atoms with E-state index in [0.29, 0.717) is 0 Å². The van der Waals surface area contributed by atoms with Crippen LogP contribution in [0.2, 0.25) is 0 Å². The van der Waals surface area contributed by atoms with Crippen LogP contribution in [0, 0.1) is 6.92 Å². The smallest absolute Gasteiger partial charge is 0.246 e. The van der Waals surface area contributed by atoms with Gasteiger partial charge in [-0.2, -0.15) is 0 Å². The number of likely N-dealkylation sites (tertiary alicyclic amines) is 1. The summed E-state index contributed by atoms with van der Waals surface area (Å²) in [7, 11) is 0. The highest BCUT2D eigenvalue weighted by Crippen LogP contribution is 2.33. The van der Waals surface area contributed by atoms with Gasteiger partial charge in [0.15, 0.2) is 0 Å². The van der Waals surface area contributed by atoms with Gasteiger partial charge in [-0.1, -0.05) is 30.8 Å². The molecule has 1 aliphatic rings. The van der Waals surface area contributed by atoms with Crippen molar-refractivity contribution in [2.75, 3.05) is 6.54 Å². The number of nitrogens with zero attached hydrogens (tertiary/aromatic N) is 1. The molecule has 1 heterocycles. The summed E-state index contributed by atoms with van der Waals surface area (Å²) in [5.74, 6) is 0.0470. The van der Waals surface area contributed by atoms with Crippen molar-refractivity contribution in [2.45, 2.75) is 25.8 Å². The lowest BCUT2D eigenvalue weighted by molar-refractivity contribution is -0.126. The van der Waals surface area contributed by atoms with E-state index in [-0.39, 0.29) is 11.9 Å². The molecule has 1 unspecified atom stereocenters.